The molecule has 2 atom stereocenters. The molecule has 2 N–H and O–H groups in total. The van der Waals surface area contributed by atoms with Crippen LogP contribution in [-0.4, -0.2) is 37.6 Å². The number of rotatable bonds is 6. The van der Waals surface area contributed by atoms with Crippen molar-refractivity contribution in [2.75, 3.05) is 13.7 Å². The number of carbonyl (C=O) groups is 2. The zero-order chi connectivity index (χ0) is 14.3. The summed E-state index contributed by atoms with van der Waals surface area (Å²) < 4.78 is 4.76. The van der Waals surface area contributed by atoms with Crippen LogP contribution in [0.4, 0.5) is 0 Å². The first-order valence-corrected chi connectivity index (χ1v) is 6.78. The minimum Gasteiger partial charge on any atom is -0.375 e. The summed E-state index contributed by atoms with van der Waals surface area (Å²) in [6, 6.07) is -0.327. The third kappa shape index (κ3) is 5.42. The second-order valence-electron chi connectivity index (χ2n) is 5.21. The number of carbonyl (C=O) groups excluding carboxylic acids is 2. The van der Waals surface area contributed by atoms with Crippen molar-refractivity contribution in [1.82, 2.24) is 10.6 Å². The van der Waals surface area contributed by atoms with Crippen molar-refractivity contribution in [3.63, 3.8) is 0 Å². The molecular formula is C14H24N2O3. The van der Waals surface area contributed by atoms with Crippen LogP contribution in [0.3, 0.4) is 0 Å². The average Bonchev–Trinajstić information content (AvgIpc) is 2.37. The van der Waals surface area contributed by atoms with Gasteiger partial charge in [0.15, 0.2) is 0 Å². The Bertz CT molecular complexity index is 340. The van der Waals surface area contributed by atoms with Crippen LogP contribution in [0.25, 0.3) is 0 Å². The summed E-state index contributed by atoms with van der Waals surface area (Å²) >= 11 is 0. The number of nitrogens with one attached hydrogen (secondary N) is 2. The van der Waals surface area contributed by atoms with E-state index in [1.54, 1.807) is 0 Å². The Kier molecular flexibility index (Phi) is 6.56. The molecule has 1 aliphatic carbocycles. The maximum atomic E-state index is 12.2. The Labute approximate surface area is 114 Å². The molecule has 0 aromatic heterocycles. The summed E-state index contributed by atoms with van der Waals surface area (Å²) in [4.78, 5) is 23.7. The van der Waals surface area contributed by atoms with Crippen LogP contribution in [0.2, 0.25) is 0 Å². The molecule has 0 aromatic carbocycles. The van der Waals surface area contributed by atoms with Gasteiger partial charge in [0.2, 0.25) is 11.8 Å². The van der Waals surface area contributed by atoms with Gasteiger partial charge in [-0.1, -0.05) is 26.0 Å². The SMILES string of the molecule is COCC(=O)N[C@H](C(=O)NC1CC=CCC1)C(C)C. The molecule has 0 aliphatic heterocycles. The van der Waals surface area contributed by atoms with Crippen LogP contribution in [0.5, 0.6) is 0 Å². The van der Waals surface area contributed by atoms with Gasteiger partial charge in [-0.25, -0.2) is 0 Å². The van der Waals surface area contributed by atoms with E-state index >= 15 is 0 Å². The van der Waals surface area contributed by atoms with Crippen molar-refractivity contribution < 1.29 is 14.3 Å². The molecular weight excluding hydrogens is 244 g/mol. The van der Waals surface area contributed by atoms with Crippen molar-refractivity contribution in [2.24, 2.45) is 5.92 Å². The van der Waals surface area contributed by atoms with Crippen molar-refractivity contribution in [3.05, 3.63) is 12.2 Å². The minimum atomic E-state index is -0.506. The second-order valence-corrected chi connectivity index (χ2v) is 5.21. The average molecular weight is 268 g/mol. The van der Waals surface area contributed by atoms with Crippen LogP contribution in [-0.2, 0) is 14.3 Å². The monoisotopic (exact) mass is 268 g/mol. The van der Waals surface area contributed by atoms with E-state index < -0.39 is 6.04 Å². The Balaban J connectivity index is 2.52. The topological polar surface area (TPSA) is 67.4 Å². The highest BCUT2D eigenvalue weighted by atomic mass is 16.5. The van der Waals surface area contributed by atoms with Gasteiger partial charge in [-0.3, -0.25) is 9.59 Å². The predicted molar refractivity (Wildman–Crippen MR) is 73.6 cm³/mol. The van der Waals surface area contributed by atoms with Gasteiger partial charge in [-0.2, -0.15) is 0 Å². The fraction of sp³-hybridized carbons (Fsp3) is 0.714. The molecule has 1 rings (SSSR count). The summed E-state index contributed by atoms with van der Waals surface area (Å²) in [5, 5.41) is 5.71. The number of allylic oxidation sites excluding steroid dienone is 1. The van der Waals surface area contributed by atoms with E-state index in [1.165, 1.54) is 7.11 Å². The van der Waals surface area contributed by atoms with Crippen LogP contribution in [0, 0.1) is 5.92 Å². The van der Waals surface area contributed by atoms with E-state index in [9.17, 15) is 9.59 Å². The molecule has 5 nitrogen and oxygen atoms in total. The van der Waals surface area contributed by atoms with Crippen LogP contribution in [0.1, 0.15) is 33.1 Å². The first-order valence-electron chi connectivity index (χ1n) is 6.78. The Morgan fingerprint density at radius 2 is 2.11 bits per heavy atom. The lowest BCUT2D eigenvalue weighted by Crippen LogP contribution is -2.52. The third-order valence-electron chi connectivity index (χ3n) is 3.16. The van der Waals surface area contributed by atoms with Crippen LogP contribution < -0.4 is 10.6 Å². The standard InChI is InChI=1S/C14H24N2O3/c1-10(2)13(16-12(17)9-19-3)14(18)15-11-7-5-4-6-8-11/h4-5,10-11,13H,6-9H2,1-3H3,(H,15,18)(H,16,17)/t11?,13-/m0/s1. The summed E-state index contributed by atoms with van der Waals surface area (Å²) in [6.07, 6.45) is 7.03. The van der Waals surface area contributed by atoms with Crippen molar-refractivity contribution >= 4 is 11.8 Å². The maximum Gasteiger partial charge on any atom is 0.246 e. The normalized spacial score (nSPS) is 20.1. The van der Waals surface area contributed by atoms with Gasteiger partial charge in [-0.15, -0.1) is 0 Å². The van der Waals surface area contributed by atoms with E-state index in [4.69, 9.17) is 4.74 Å². The molecule has 0 saturated carbocycles. The fourth-order valence-electron chi connectivity index (χ4n) is 2.10. The molecule has 19 heavy (non-hydrogen) atoms. The molecule has 1 aliphatic rings. The number of amides is 2. The molecule has 0 saturated heterocycles. The highest BCUT2D eigenvalue weighted by molar-refractivity contribution is 5.88. The van der Waals surface area contributed by atoms with E-state index in [0.717, 1.165) is 19.3 Å². The molecule has 1 unspecified atom stereocenters. The summed E-state index contributed by atoms with van der Waals surface area (Å²) in [7, 11) is 1.46. The largest absolute Gasteiger partial charge is 0.375 e. The van der Waals surface area contributed by atoms with Gasteiger partial charge in [0.1, 0.15) is 12.6 Å². The van der Waals surface area contributed by atoms with Gasteiger partial charge < -0.3 is 15.4 Å². The first-order chi connectivity index (χ1) is 9.04. The Hall–Kier alpha value is -1.36. The first kappa shape index (κ1) is 15.7. The molecule has 0 aromatic rings. The van der Waals surface area contributed by atoms with E-state index in [0.29, 0.717) is 0 Å². The molecule has 2 amide bonds. The third-order valence-corrected chi connectivity index (χ3v) is 3.16. The van der Waals surface area contributed by atoms with E-state index in [1.807, 2.05) is 13.8 Å². The molecule has 0 heterocycles. The minimum absolute atomic E-state index is 0.0251. The summed E-state index contributed by atoms with van der Waals surface area (Å²) in [5.74, 6) is -0.334. The second kappa shape index (κ2) is 7.94. The smallest absolute Gasteiger partial charge is 0.246 e. The van der Waals surface area contributed by atoms with Gasteiger partial charge >= 0.3 is 0 Å². The Morgan fingerprint density at radius 3 is 2.63 bits per heavy atom. The fourth-order valence-corrected chi connectivity index (χ4v) is 2.10. The van der Waals surface area contributed by atoms with Gasteiger partial charge in [-0.05, 0) is 25.2 Å². The predicted octanol–water partition coefficient (Wildman–Crippen LogP) is 0.998. The molecule has 5 heteroatoms. The quantitative estimate of drug-likeness (QED) is 0.706. The number of ether oxygens (including phenoxy) is 1. The molecule has 0 fully saturated rings. The van der Waals surface area contributed by atoms with Gasteiger partial charge in [0.25, 0.3) is 0 Å². The van der Waals surface area contributed by atoms with E-state index in [-0.39, 0.29) is 30.4 Å². The van der Waals surface area contributed by atoms with Crippen LogP contribution >= 0.6 is 0 Å². The zero-order valence-corrected chi connectivity index (χ0v) is 11.9. The summed E-state index contributed by atoms with van der Waals surface area (Å²) in [6.45, 7) is 3.80. The van der Waals surface area contributed by atoms with E-state index in [2.05, 4.69) is 22.8 Å². The van der Waals surface area contributed by atoms with Gasteiger partial charge in [0.05, 0.1) is 0 Å². The summed E-state index contributed by atoms with van der Waals surface area (Å²) in [5.41, 5.74) is 0. The molecule has 0 bridgehead atoms. The van der Waals surface area contributed by atoms with Crippen LogP contribution in [0.15, 0.2) is 12.2 Å². The lowest BCUT2D eigenvalue weighted by Gasteiger charge is -2.26. The zero-order valence-electron chi connectivity index (χ0n) is 11.9. The molecule has 0 radical (unpaired) electrons. The van der Waals surface area contributed by atoms with Crippen molar-refractivity contribution in [2.45, 2.75) is 45.2 Å². The maximum absolute atomic E-state index is 12.2. The highest BCUT2D eigenvalue weighted by Gasteiger charge is 2.25. The highest BCUT2D eigenvalue weighted by Crippen LogP contribution is 2.11. The van der Waals surface area contributed by atoms with Gasteiger partial charge in [0, 0.05) is 13.2 Å². The lowest BCUT2D eigenvalue weighted by molar-refractivity contribution is -0.132. The Morgan fingerprint density at radius 1 is 1.37 bits per heavy atom. The molecule has 0 spiro atoms. The lowest BCUT2D eigenvalue weighted by atomic mass is 9.99. The molecule has 108 valence electrons. The van der Waals surface area contributed by atoms with Crippen molar-refractivity contribution in [1.29, 1.82) is 0 Å². The number of methoxy groups -OCH3 is 1. The number of hydrogen-bond acceptors (Lipinski definition) is 3. The number of hydrogen-bond donors (Lipinski definition) is 2. The van der Waals surface area contributed by atoms with Crippen molar-refractivity contribution in [3.8, 4) is 0 Å².